The van der Waals surface area contributed by atoms with Gasteiger partial charge >= 0.3 is 0 Å². The van der Waals surface area contributed by atoms with E-state index in [1.807, 2.05) is 4.68 Å². The number of aromatic nitrogens is 3. The Bertz CT molecular complexity index is 555. The number of nitrogens with two attached hydrogens (primary N) is 1. The Morgan fingerprint density at radius 1 is 1.21 bits per heavy atom. The van der Waals surface area contributed by atoms with Crippen LogP contribution in [0.4, 0.5) is 10.3 Å². The van der Waals surface area contributed by atoms with Crippen molar-refractivity contribution in [3.05, 3.63) is 41.5 Å². The number of nitrogen functional groups attached to an aromatic ring is 1. The first kappa shape index (κ1) is 12.1. The minimum atomic E-state index is -0.224. The molecule has 1 aromatic heterocycles. The summed E-state index contributed by atoms with van der Waals surface area (Å²) >= 11 is 0. The third-order valence-corrected chi connectivity index (χ3v) is 3.68. The van der Waals surface area contributed by atoms with Crippen LogP contribution in [0.3, 0.4) is 0 Å². The molecule has 1 fully saturated rings. The molecule has 0 atom stereocenters. The van der Waals surface area contributed by atoms with E-state index >= 15 is 0 Å². The highest BCUT2D eigenvalue weighted by molar-refractivity contribution is 5.20. The summed E-state index contributed by atoms with van der Waals surface area (Å²) in [4.78, 5) is 4.36. The van der Waals surface area contributed by atoms with Crippen LogP contribution < -0.4 is 5.73 Å². The summed E-state index contributed by atoms with van der Waals surface area (Å²) in [5, 5.41) is 4.26. The maximum atomic E-state index is 12.9. The van der Waals surface area contributed by atoms with Crippen LogP contribution in [0.15, 0.2) is 24.3 Å². The normalized spacial score (nSPS) is 16.1. The van der Waals surface area contributed by atoms with Gasteiger partial charge in [-0.1, -0.05) is 25.0 Å². The molecule has 5 heteroatoms. The number of rotatable bonds is 3. The van der Waals surface area contributed by atoms with Gasteiger partial charge in [-0.15, -0.1) is 5.10 Å². The van der Waals surface area contributed by atoms with Crippen LogP contribution in [0.2, 0.25) is 0 Å². The topological polar surface area (TPSA) is 56.7 Å². The maximum absolute atomic E-state index is 12.9. The fourth-order valence-corrected chi connectivity index (χ4v) is 2.74. The molecule has 1 aliphatic rings. The van der Waals surface area contributed by atoms with Gasteiger partial charge in [0, 0.05) is 5.92 Å². The smallest absolute Gasteiger partial charge is 0.239 e. The Morgan fingerprint density at radius 2 is 1.89 bits per heavy atom. The molecule has 0 radical (unpaired) electrons. The van der Waals surface area contributed by atoms with Crippen molar-refractivity contribution < 1.29 is 4.39 Å². The molecule has 4 nitrogen and oxygen atoms in total. The summed E-state index contributed by atoms with van der Waals surface area (Å²) < 4.78 is 14.8. The number of anilines is 1. The third kappa shape index (κ3) is 2.59. The molecular weight excluding hydrogens is 243 g/mol. The molecule has 3 rings (SSSR count). The lowest BCUT2D eigenvalue weighted by Gasteiger charge is -2.10. The molecule has 0 unspecified atom stereocenters. The number of hydrogen-bond acceptors (Lipinski definition) is 3. The highest BCUT2D eigenvalue weighted by atomic mass is 19.1. The number of halogens is 1. The first-order valence-corrected chi connectivity index (χ1v) is 6.67. The Labute approximate surface area is 111 Å². The van der Waals surface area contributed by atoms with E-state index in [-0.39, 0.29) is 5.82 Å². The maximum Gasteiger partial charge on any atom is 0.239 e. The molecule has 0 spiro atoms. The molecule has 100 valence electrons. The van der Waals surface area contributed by atoms with E-state index in [0.717, 1.165) is 24.2 Å². The predicted octanol–water partition coefficient (Wildman–Crippen LogP) is 2.71. The summed E-state index contributed by atoms with van der Waals surface area (Å²) in [6.45, 7) is 0.594. The van der Waals surface area contributed by atoms with Crippen molar-refractivity contribution in [3.63, 3.8) is 0 Å². The van der Waals surface area contributed by atoms with Crippen LogP contribution in [-0.4, -0.2) is 14.8 Å². The van der Waals surface area contributed by atoms with E-state index in [1.54, 1.807) is 12.1 Å². The molecule has 0 amide bonds. The Hall–Kier alpha value is -1.91. The molecule has 1 aromatic carbocycles. The summed E-state index contributed by atoms with van der Waals surface area (Å²) in [7, 11) is 0. The monoisotopic (exact) mass is 260 g/mol. The Kier molecular flexibility index (Phi) is 3.19. The average Bonchev–Trinajstić information content (AvgIpc) is 3.01. The molecule has 1 saturated carbocycles. The van der Waals surface area contributed by atoms with E-state index in [2.05, 4.69) is 10.1 Å². The van der Waals surface area contributed by atoms with Crippen molar-refractivity contribution >= 4 is 5.95 Å². The largest absolute Gasteiger partial charge is 0.366 e. The fraction of sp³-hybridized carbons (Fsp3) is 0.429. The minimum Gasteiger partial charge on any atom is -0.366 e. The lowest BCUT2D eigenvalue weighted by atomic mass is 10.1. The lowest BCUT2D eigenvalue weighted by molar-refractivity contribution is 0.569. The number of nitrogens with zero attached hydrogens (tertiary/aromatic N) is 3. The minimum absolute atomic E-state index is 0.224. The van der Waals surface area contributed by atoms with Crippen molar-refractivity contribution in [1.29, 1.82) is 0 Å². The van der Waals surface area contributed by atoms with Gasteiger partial charge in [0.05, 0.1) is 6.54 Å². The van der Waals surface area contributed by atoms with Gasteiger partial charge in [0.1, 0.15) is 11.6 Å². The Balaban J connectivity index is 1.85. The van der Waals surface area contributed by atoms with E-state index in [1.165, 1.54) is 25.0 Å². The van der Waals surface area contributed by atoms with Crippen molar-refractivity contribution in [1.82, 2.24) is 14.8 Å². The van der Waals surface area contributed by atoms with E-state index in [9.17, 15) is 4.39 Å². The van der Waals surface area contributed by atoms with Gasteiger partial charge in [0.2, 0.25) is 5.95 Å². The van der Waals surface area contributed by atoms with Crippen molar-refractivity contribution in [2.45, 2.75) is 38.1 Å². The van der Waals surface area contributed by atoms with Gasteiger partial charge in [-0.05, 0) is 30.5 Å². The zero-order chi connectivity index (χ0) is 13.2. The third-order valence-electron chi connectivity index (χ3n) is 3.68. The van der Waals surface area contributed by atoms with Gasteiger partial charge in [-0.2, -0.15) is 4.98 Å². The quantitative estimate of drug-likeness (QED) is 0.923. The highest BCUT2D eigenvalue weighted by Gasteiger charge is 2.23. The molecule has 0 saturated heterocycles. The lowest BCUT2D eigenvalue weighted by Crippen LogP contribution is -2.09. The van der Waals surface area contributed by atoms with E-state index in [4.69, 9.17) is 5.73 Å². The molecule has 0 bridgehead atoms. The molecule has 19 heavy (non-hydrogen) atoms. The fourth-order valence-electron chi connectivity index (χ4n) is 2.74. The van der Waals surface area contributed by atoms with Crippen molar-refractivity contribution in [3.8, 4) is 0 Å². The highest BCUT2D eigenvalue weighted by Crippen LogP contribution is 2.33. The number of hydrogen-bond donors (Lipinski definition) is 1. The zero-order valence-electron chi connectivity index (χ0n) is 10.7. The predicted molar refractivity (Wildman–Crippen MR) is 71.1 cm³/mol. The van der Waals surface area contributed by atoms with Gasteiger partial charge in [0.15, 0.2) is 0 Å². The van der Waals surface area contributed by atoms with E-state index in [0.29, 0.717) is 18.4 Å². The van der Waals surface area contributed by atoms with Crippen LogP contribution in [-0.2, 0) is 6.54 Å². The summed E-state index contributed by atoms with van der Waals surface area (Å²) in [6.07, 6.45) is 4.80. The van der Waals surface area contributed by atoms with Gasteiger partial charge in [-0.3, -0.25) is 0 Å². The van der Waals surface area contributed by atoms with Crippen LogP contribution in [0.1, 0.15) is 43.0 Å². The molecular formula is C14H17FN4. The van der Waals surface area contributed by atoms with Crippen molar-refractivity contribution in [2.24, 2.45) is 0 Å². The standard InChI is InChI=1S/C14H17FN4/c15-12-7-5-10(6-8-12)9-19-13(17-14(16)18-19)11-3-1-2-4-11/h5-8,11H,1-4,9H2,(H2,16,18). The SMILES string of the molecule is Nc1nc(C2CCCC2)n(Cc2ccc(F)cc2)n1. The zero-order valence-corrected chi connectivity index (χ0v) is 10.7. The summed E-state index contributed by atoms with van der Waals surface area (Å²) in [5.74, 6) is 1.53. The van der Waals surface area contributed by atoms with E-state index < -0.39 is 0 Å². The first-order chi connectivity index (χ1) is 9.22. The van der Waals surface area contributed by atoms with Crippen LogP contribution in [0.5, 0.6) is 0 Å². The van der Waals surface area contributed by atoms with Gasteiger partial charge < -0.3 is 5.73 Å². The van der Waals surface area contributed by atoms with Crippen LogP contribution in [0, 0.1) is 5.82 Å². The van der Waals surface area contributed by atoms with Gasteiger partial charge in [0.25, 0.3) is 0 Å². The molecule has 1 aliphatic carbocycles. The molecule has 2 N–H and O–H groups in total. The first-order valence-electron chi connectivity index (χ1n) is 6.67. The molecule has 0 aliphatic heterocycles. The Morgan fingerprint density at radius 3 is 2.58 bits per heavy atom. The molecule has 2 aromatic rings. The van der Waals surface area contributed by atoms with Crippen LogP contribution >= 0.6 is 0 Å². The van der Waals surface area contributed by atoms with Gasteiger partial charge in [-0.25, -0.2) is 9.07 Å². The molecule has 1 heterocycles. The van der Waals surface area contributed by atoms with Crippen LogP contribution in [0.25, 0.3) is 0 Å². The summed E-state index contributed by atoms with van der Waals surface area (Å²) in [5.41, 5.74) is 6.73. The average molecular weight is 260 g/mol. The van der Waals surface area contributed by atoms with Crippen molar-refractivity contribution in [2.75, 3.05) is 5.73 Å². The number of benzene rings is 1. The second-order valence-electron chi connectivity index (χ2n) is 5.09. The summed E-state index contributed by atoms with van der Waals surface area (Å²) in [6, 6.07) is 6.47. The second kappa shape index (κ2) is 4.99. The second-order valence-corrected chi connectivity index (χ2v) is 5.09.